The molecule has 1 amide bonds. The molecule has 0 aliphatic carbocycles. The number of carbonyl (C=O) groups is 1. The van der Waals surface area contributed by atoms with E-state index in [-0.39, 0.29) is 11.7 Å². The van der Waals surface area contributed by atoms with E-state index < -0.39 is 0 Å². The number of nitrogens with zero attached hydrogens (tertiary/aromatic N) is 4. The Labute approximate surface area is 81.4 Å². The molecule has 0 fully saturated rings. The number of amides is 1. The smallest absolute Gasteiger partial charge is 0.274 e. The van der Waals surface area contributed by atoms with Gasteiger partial charge in [0.15, 0.2) is 0 Å². The standard InChI is InChI=1S/C8H12N4O2/c1-11(14-2)8(13)7-9-6-4-3-5-12(6)10-7/h3-5H2,1-2H3. The van der Waals surface area contributed by atoms with E-state index in [2.05, 4.69) is 10.1 Å². The molecule has 0 radical (unpaired) electrons. The first-order chi connectivity index (χ1) is 6.72. The number of hydrogen-bond acceptors (Lipinski definition) is 4. The van der Waals surface area contributed by atoms with Gasteiger partial charge in [-0.25, -0.2) is 14.7 Å². The minimum atomic E-state index is -0.311. The summed E-state index contributed by atoms with van der Waals surface area (Å²) in [6.07, 6.45) is 1.96. The van der Waals surface area contributed by atoms with Crippen LogP contribution in [0.3, 0.4) is 0 Å². The number of carbonyl (C=O) groups excluding carboxylic acids is 1. The molecule has 0 atom stereocenters. The highest BCUT2D eigenvalue weighted by molar-refractivity contribution is 5.89. The number of hydrogen-bond donors (Lipinski definition) is 0. The lowest BCUT2D eigenvalue weighted by Crippen LogP contribution is -2.26. The summed E-state index contributed by atoms with van der Waals surface area (Å²) in [7, 11) is 2.97. The van der Waals surface area contributed by atoms with Crippen LogP contribution < -0.4 is 0 Å². The number of hydroxylamine groups is 2. The largest absolute Gasteiger partial charge is 0.316 e. The van der Waals surface area contributed by atoms with Crippen LogP contribution in [0.5, 0.6) is 0 Å². The molecule has 6 nitrogen and oxygen atoms in total. The van der Waals surface area contributed by atoms with Crippen LogP contribution in [-0.4, -0.2) is 39.9 Å². The first-order valence-electron chi connectivity index (χ1n) is 4.48. The van der Waals surface area contributed by atoms with Gasteiger partial charge < -0.3 is 0 Å². The van der Waals surface area contributed by atoms with E-state index >= 15 is 0 Å². The fourth-order valence-electron chi connectivity index (χ4n) is 1.44. The lowest BCUT2D eigenvalue weighted by Gasteiger charge is -2.10. The van der Waals surface area contributed by atoms with Gasteiger partial charge in [-0.15, -0.1) is 5.10 Å². The highest BCUT2D eigenvalue weighted by Gasteiger charge is 2.22. The van der Waals surface area contributed by atoms with E-state index in [1.807, 2.05) is 0 Å². The summed E-state index contributed by atoms with van der Waals surface area (Å²) in [5, 5.41) is 5.21. The highest BCUT2D eigenvalue weighted by atomic mass is 16.7. The van der Waals surface area contributed by atoms with Crippen molar-refractivity contribution in [2.45, 2.75) is 19.4 Å². The Morgan fingerprint density at radius 1 is 1.64 bits per heavy atom. The normalized spacial score (nSPS) is 14.1. The van der Waals surface area contributed by atoms with Crippen molar-refractivity contribution in [1.29, 1.82) is 0 Å². The maximum absolute atomic E-state index is 11.5. The SMILES string of the molecule is CON(C)C(=O)c1nc2n(n1)CCC2. The third-order valence-corrected chi connectivity index (χ3v) is 2.27. The summed E-state index contributed by atoms with van der Waals surface area (Å²) >= 11 is 0. The second kappa shape index (κ2) is 3.38. The average molecular weight is 196 g/mol. The molecule has 0 bridgehead atoms. The quantitative estimate of drug-likeness (QED) is 0.617. The molecule has 1 aliphatic heterocycles. The number of rotatable bonds is 2. The van der Waals surface area contributed by atoms with E-state index in [0.717, 1.165) is 30.3 Å². The third-order valence-electron chi connectivity index (χ3n) is 2.27. The van der Waals surface area contributed by atoms with E-state index in [0.29, 0.717) is 0 Å². The number of aryl methyl sites for hydroxylation is 2. The predicted molar refractivity (Wildman–Crippen MR) is 47.4 cm³/mol. The van der Waals surface area contributed by atoms with Gasteiger partial charge in [0.1, 0.15) is 5.82 Å². The predicted octanol–water partition coefficient (Wildman–Crippen LogP) is -0.142. The van der Waals surface area contributed by atoms with Gasteiger partial charge in [0.2, 0.25) is 5.82 Å². The van der Waals surface area contributed by atoms with Crippen LogP contribution in [0.25, 0.3) is 0 Å². The summed E-state index contributed by atoms with van der Waals surface area (Å²) in [6, 6.07) is 0. The second-order valence-corrected chi connectivity index (χ2v) is 3.16. The Kier molecular flexibility index (Phi) is 2.20. The zero-order chi connectivity index (χ0) is 10.1. The third kappa shape index (κ3) is 1.37. The maximum atomic E-state index is 11.5. The topological polar surface area (TPSA) is 60.2 Å². The van der Waals surface area contributed by atoms with Crippen molar-refractivity contribution < 1.29 is 9.63 Å². The summed E-state index contributed by atoms with van der Waals surface area (Å²) in [5.41, 5.74) is 0. The minimum Gasteiger partial charge on any atom is -0.274 e. The van der Waals surface area contributed by atoms with Crippen LogP contribution in [0.4, 0.5) is 0 Å². The van der Waals surface area contributed by atoms with Gasteiger partial charge in [-0.05, 0) is 6.42 Å². The van der Waals surface area contributed by atoms with Crippen molar-refractivity contribution in [2.75, 3.05) is 14.2 Å². The van der Waals surface area contributed by atoms with Gasteiger partial charge in [0, 0.05) is 20.0 Å². The van der Waals surface area contributed by atoms with Crippen molar-refractivity contribution in [3.05, 3.63) is 11.6 Å². The van der Waals surface area contributed by atoms with Gasteiger partial charge in [0.25, 0.3) is 0 Å². The highest BCUT2D eigenvalue weighted by Crippen LogP contribution is 2.11. The molecule has 76 valence electrons. The van der Waals surface area contributed by atoms with Gasteiger partial charge in [-0.1, -0.05) is 0 Å². The molecule has 1 aliphatic rings. The fourth-order valence-corrected chi connectivity index (χ4v) is 1.44. The Bertz CT molecular complexity index is 339. The van der Waals surface area contributed by atoms with Crippen molar-refractivity contribution >= 4 is 5.91 Å². The second-order valence-electron chi connectivity index (χ2n) is 3.16. The first-order valence-corrected chi connectivity index (χ1v) is 4.48. The van der Waals surface area contributed by atoms with Crippen molar-refractivity contribution in [2.24, 2.45) is 0 Å². The van der Waals surface area contributed by atoms with Crippen LogP contribution >= 0.6 is 0 Å². The minimum absolute atomic E-state index is 0.212. The van der Waals surface area contributed by atoms with Crippen molar-refractivity contribution in [3.8, 4) is 0 Å². The molecule has 0 saturated heterocycles. The summed E-state index contributed by atoms with van der Waals surface area (Å²) < 4.78 is 1.77. The van der Waals surface area contributed by atoms with Crippen LogP contribution in [0.2, 0.25) is 0 Å². The zero-order valence-corrected chi connectivity index (χ0v) is 8.23. The molecule has 14 heavy (non-hydrogen) atoms. The average Bonchev–Trinajstić information content (AvgIpc) is 2.74. The molecule has 0 N–H and O–H groups in total. The van der Waals surface area contributed by atoms with E-state index in [4.69, 9.17) is 4.84 Å². The van der Waals surface area contributed by atoms with Gasteiger partial charge in [0.05, 0.1) is 7.11 Å². The molecular weight excluding hydrogens is 184 g/mol. The van der Waals surface area contributed by atoms with Crippen LogP contribution in [0, 0.1) is 0 Å². The molecule has 0 spiro atoms. The molecule has 6 heteroatoms. The van der Waals surface area contributed by atoms with Crippen molar-refractivity contribution in [3.63, 3.8) is 0 Å². The Hall–Kier alpha value is -1.43. The molecule has 1 aromatic heterocycles. The molecule has 2 heterocycles. The van der Waals surface area contributed by atoms with E-state index in [1.54, 1.807) is 4.68 Å². The van der Waals surface area contributed by atoms with E-state index in [1.165, 1.54) is 14.2 Å². The molecule has 0 saturated carbocycles. The van der Waals surface area contributed by atoms with E-state index in [9.17, 15) is 4.79 Å². The summed E-state index contributed by atoms with van der Waals surface area (Å²) in [4.78, 5) is 20.4. The molecule has 0 unspecified atom stereocenters. The van der Waals surface area contributed by atoms with Gasteiger partial charge in [-0.2, -0.15) is 0 Å². The summed E-state index contributed by atoms with van der Waals surface area (Å²) in [6.45, 7) is 0.853. The van der Waals surface area contributed by atoms with Gasteiger partial charge in [-0.3, -0.25) is 9.63 Å². The van der Waals surface area contributed by atoms with Crippen molar-refractivity contribution in [1.82, 2.24) is 19.8 Å². The fraction of sp³-hybridized carbons (Fsp3) is 0.625. The summed E-state index contributed by atoms with van der Waals surface area (Å²) in [5.74, 6) is 0.788. The van der Waals surface area contributed by atoms with Crippen LogP contribution in [0.15, 0.2) is 0 Å². The Balaban J connectivity index is 2.21. The van der Waals surface area contributed by atoms with Gasteiger partial charge >= 0.3 is 5.91 Å². The molecule has 0 aromatic carbocycles. The van der Waals surface area contributed by atoms with Crippen LogP contribution in [-0.2, 0) is 17.8 Å². The monoisotopic (exact) mass is 196 g/mol. The number of aromatic nitrogens is 3. The maximum Gasteiger partial charge on any atom is 0.316 e. The lowest BCUT2D eigenvalue weighted by atomic mass is 10.4. The molecule has 2 rings (SSSR count). The first kappa shape index (κ1) is 9.14. The Morgan fingerprint density at radius 3 is 3.07 bits per heavy atom. The molecular formula is C8H12N4O2. The Morgan fingerprint density at radius 2 is 2.43 bits per heavy atom. The zero-order valence-electron chi connectivity index (χ0n) is 8.23. The molecule has 1 aromatic rings. The number of fused-ring (bicyclic) bond motifs is 1. The lowest BCUT2D eigenvalue weighted by molar-refractivity contribution is -0.0764. The van der Waals surface area contributed by atoms with Crippen LogP contribution in [0.1, 0.15) is 22.9 Å².